The second-order valence-corrected chi connectivity index (χ2v) is 10.1. The van der Waals surface area contributed by atoms with Crippen LogP contribution in [0.15, 0.2) is 24.3 Å². The maximum atomic E-state index is 12.9. The SMILES string of the molecule is C[C@@]12OC(=O)[C@]1([C@@H](OC(=O)CCCCCN1C(=O)C=CC1=O)C1C=CCCC1)NC(=O)C2CCCl. The van der Waals surface area contributed by atoms with E-state index in [2.05, 4.69) is 5.32 Å². The molecule has 0 saturated carbocycles. The molecule has 0 spiro atoms. The molecule has 0 aromatic carbocycles. The average Bonchev–Trinajstić information content (AvgIpc) is 3.24. The zero-order valence-corrected chi connectivity index (χ0v) is 20.6. The van der Waals surface area contributed by atoms with Crippen LogP contribution in [0.1, 0.15) is 58.3 Å². The van der Waals surface area contributed by atoms with Gasteiger partial charge in [0.2, 0.25) is 11.4 Å². The molecule has 3 heterocycles. The smallest absolute Gasteiger partial charge is 0.340 e. The van der Waals surface area contributed by atoms with E-state index >= 15 is 0 Å². The van der Waals surface area contributed by atoms with Gasteiger partial charge in [-0.3, -0.25) is 24.1 Å². The van der Waals surface area contributed by atoms with Gasteiger partial charge >= 0.3 is 11.9 Å². The second kappa shape index (κ2) is 10.1. The van der Waals surface area contributed by atoms with Crippen LogP contribution in [0.3, 0.4) is 0 Å². The third-order valence-corrected chi connectivity index (χ3v) is 7.86. The molecular formula is C25H31ClN2O7. The van der Waals surface area contributed by atoms with Crippen LogP contribution in [0.5, 0.6) is 0 Å². The lowest BCUT2D eigenvalue weighted by molar-refractivity contribution is -0.241. The maximum Gasteiger partial charge on any atom is 0.340 e. The number of hydrogen-bond donors (Lipinski definition) is 1. The van der Waals surface area contributed by atoms with Gasteiger partial charge in [0.1, 0.15) is 6.10 Å². The molecule has 5 atom stereocenters. The Morgan fingerprint density at radius 1 is 1.23 bits per heavy atom. The first kappa shape index (κ1) is 25.4. The third kappa shape index (κ3) is 4.39. The topological polar surface area (TPSA) is 119 Å². The fourth-order valence-corrected chi connectivity index (χ4v) is 5.92. The molecule has 0 radical (unpaired) electrons. The Bertz CT molecular complexity index is 961. The summed E-state index contributed by atoms with van der Waals surface area (Å²) in [6, 6.07) is 0. The number of amides is 3. The lowest BCUT2D eigenvalue weighted by atomic mass is 9.64. The number of unbranched alkanes of at least 4 members (excludes halogenated alkanes) is 2. The number of ether oxygens (including phenoxy) is 2. The van der Waals surface area contributed by atoms with Crippen molar-refractivity contribution in [2.24, 2.45) is 11.8 Å². The normalized spacial score (nSPS) is 32.2. The Morgan fingerprint density at radius 2 is 1.97 bits per heavy atom. The van der Waals surface area contributed by atoms with E-state index in [9.17, 15) is 24.0 Å². The first-order valence-electron chi connectivity index (χ1n) is 12.3. The summed E-state index contributed by atoms with van der Waals surface area (Å²) in [6.45, 7) is 2.02. The zero-order chi connectivity index (χ0) is 25.2. The van der Waals surface area contributed by atoms with Gasteiger partial charge in [-0.2, -0.15) is 0 Å². The highest BCUT2D eigenvalue weighted by atomic mass is 35.5. The second-order valence-electron chi connectivity index (χ2n) is 9.73. The number of fused-ring (bicyclic) bond motifs is 1. The molecule has 2 saturated heterocycles. The van der Waals surface area contributed by atoms with Crippen LogP contribution in [-0.4, -0.2) is 64.2 Å². The van der Waals surface area contributed by atoms with Crippen molar-refractivity contribution in [3.63, 3.8) is 0 Å². The number of carbonyl (C=O) groups is 5. The minimum atomic E-state index is -1.44. The summed E-state index contributed by atoms with van der Waals surface area (Å²) in [6.07, 6.45) is 10.3. The summed E-state index contributed by atoms with van der Waals surface area (Å²) in [7, 11) is 0. The van der Waals surface area contributed by atoms with Gasteiger partial charge < -0.3 is 14.8 Å². The number of halogens is 1. The summed E-state index contributed by atoms with van der Waals surface area (Å²) in [4.78, 5) is 63.1. The molecule has 2 unspecified atom stereocenters. The number of allylic oxidation sites excluding steroid dienone is 1. The minimum absolute atomic E-state index is 0.119. The van der Waals surface area contributed by atoms with Gasteiger partial charge in [-0.25, -0.2) is 4.79 Å². The van der Waals surface area contributed by atoms with Crippen molar-refractivity contribution in [1.29, 1.82) is 0 Å². The monoisotopic (exact) mass is 506 g/mol. The van der Waals surface area contributed by atoms with Gasteiger partial charge in [0.15, 0.2) is 5.60 Å². The van der Waals surface area contributed by atoms with E-state index in [1.165, 1.54) is 17.1 Å². The fourth-order valence-electron chi connectivity index (χ4n) is 5.70. The number of imide groups is 1. The first-order valence-corrected chi connectivity index (χ1v) is 12.8. The molecule has 0 aromatic rings. The minimum Gasteiger partial charge on any atom is -0.458 e. The Hall–Kier alpha value is -2.68. The lowest BCUT2D eigenvalue weighted by Crippen LogP contribution is -2.80. The maximum absolute atomic E-state index is 12.9. The first-order chi connectivity index (χ1) is 16.7. The number of alkyl halides is 1. The van der Waals surface area contributed by atoms with Crippen LogP contribution in [0.2, 0.25) is 0 Å². The molecule has 35 heavy (non-hydrogen) atoms. The van der Waals surface area contributed by atoms with Gasteiger partial charge in [0, 0.05) is 36.9 Å². The molecule has 3 amide bonds. The van der Waals surface area contributed by atoms with Crippen molar-refractivity contribution in [1.82, 2.24) is 10.2 Å². The van der Waals surface area contributed by atoms with Crippen LogP contribution in [-0.2, 0) is 33.4 Å². The van der Waals surface area contributed by atoms with E-state index in [0.29, 0.717) is 32.2 Å². The van der Waals surface area contributed by atoms with E-state index in [4.69, 9.17) is 21.1 Å². The third-order valence-electron chi connectivity index (χ3n) is 7.64. The highest BCUT2D eigenvalue weighted by Gasteiger charge is 2.80. The van der Waals surface area contributed by atoms with Gasteiger partial charge in [-0.15, -0.1) is 11.6 Å². The predicted octanol–water partition coefficient (Wildman–Crippen LogP) is 2.17. The number of carbonyl (C=O) groups excluding carboxylic acids is 5. The Balaban J connectivity index is 1.41. The number of nitrogens with one attached hydrogen (secondary N) is 1. The van der Waals surface area contributed by atoms with Crippen LogP contribution >= 0.6 is 11.6 Å². The van der Waals surface area contributed by atoms with Gasteiger partial charge in [-0.1, -0.05) is 18.6 Å². The zero-order valence-electron chi connectivity index (χ0n) is 19.8. The summed E-state index contributed by atoms with van der Waals surface area (Å²) in [5.74, 6) is -2.62. The molecule has 4 aliphatic rings. The van der Waals surface area contributed by atoms with Gasteiger partial charge in [0.25, 0.3) is 11.8 Å². The number of hydrogen-bond acceptors (Lipinski definition) is 7. The van der Waals surface area contributed by atoms with Crippen LogP contribution in [0, 0.1) is 11.8 Å². The van der Waals surface area contributed by atoms with Crippen LogP contribution in [0.4, 0.5) is 0 Å². The van der Waals surface area contributed by atoms with Crippen molar-refractivity contribution in [2.45, 2.75) is 75.5 Å². The van der Waals surface area contributed by atoms with Crippen molar-refractivity contribution in [2.75, 3.05) is 12.4 Å². The van der Waals surface area contributed by atoms with Gasteiger partial charge in [-0.05, 0) is 45.4 Å². The van der Waals surface area contributed by atoms with Crippen LogP contribution < -0.4 is 5.32 Å². The van der Waals surface area contributed by atoms with E-state index in [-0.39, 0.29) is 35.9 Å². The highest BCUT2D eigenvalue weighted by molar-refractivity contribution is 6.18. The quantitative estimate of drug-likeness (QED) is 0.150. The molecule has 0 bridgehead atoms. The standard InChI is InChI=1S/C25H31ClN2O7/c1-24-17(13-14-26)22(32)27-25(24,23(33)35-24)21(16-8-4-2-5-9-16)34-20(31)10-6-3-7-15-28-18(29)11-12-19(28)30/h4,8,11-12,16-17,21H,2-3,5-7,9-10,13-15H2,1H3,(H,27,32)/t16?,17?,21-,24-,25-/m0/s1. The summed E-state index contributed by atoms with van der Waals surface area (Å²) in [5.41, 5.74) is -2.58. The van der Waals surface area contributed by atoms with E-state index in [1.807, 2.05) is 12.2 Å². The largest absolute Gasteiger partial charge is 0.458 e. The fraction of sp³-hybridized carbons (Fsp3) is 0.640. The predicted molar refractivity (Wildman–Crippen MR) is 125 cm³/mol. The molecule has 2 fully saturated rings. The van der Waals surface area contributed by atoms with E-state index in [1.54, 1.807) is 6.92 Å². The lowest BCUT2D eigenvalue weighted by Gasteiger charge is -2.55. The molecule has 190 valence electrons. The number of esters is 2. The van der Waals surface area contributed by atoms with Crippen molar-refractivity contribution < 1.29 is 33.4 Å². The summed E-state index contributed by atoms with van der Waals surface area (Å²) in [5, 5.41) is 2.85. The van der Waals surface area contributed by atoms with E-state index in [0.717, 1.165) is 19.3 Å². The van der Waals surface area contributed by atoms with Crippen molar-refractivity contribution >= 4 is 41.3 Å². The molecule has 0 aromatic heterocycles. The molecular weight excluding hydrogens is 476 g/mol. The molecule has 4 rings (SSSR count). The highest BCUT2D eigenvalue weighted by Crippen LogP contribution is 2.54. The van der Waals surface area contributed by atoms with Crippen LogP contribution in [0.25, 0.3) is 0 Å². The Kier molecular flexibility index (Phi) is 7.35. The molecule has 3 aliphatic heterocycles. The Morgan fingerprint density at radius 3 is 2.60 bits per heavy atom. The van der Waals surface area contributed by atoms with Crippen molar-refractivity contribution in [3.05, 3.63) is 24.3 Å². The van der Waals surface area contributed by atoms with Gasteiger partial charge in [0.05, 0.1) is 5.92 Å². The average molecular weight is 507 g/mol. The number of nitrogens with zero attached hydrogens (tertiary/aromatic N) is 1. The number of rotatable bonds is 11. The molecule has 1 N–H and O–H groups in total. The van der Waals surface area contributed by atoms with E-state index < -0.39 is 35.1 Å². The molecule has 10 heteroatoms. The summed E-state index contributed by atoms with van der Waals surface area (Å²) < 4.78 is 11.5. The van der Waals surface area contributed by atoms with Crippen molar-refractivity contribution in [3.8, 4) is 0 Å². The molecule has 1 aliphatic carbocycles. The summed E-state index contributed by atoms with van der Waals surface area (Å²) >= 11 is 5.92. The molecule has 9 nitrogen and oxygen atoms in total. The Labute approximate surface area is 209 Å².